The van der Waals surface area contributed by atoms with Crippen molar-refractivity contribution in [2.24, 2.45) is 11.8 Å². The van der Waals surface area contributed by atoms with E-state index in [2.05, 4.69) is 27.7 Å². The van der Waals surface area contributed by atoms with E-state index in [0.29, 0.717) is 5.78 Å². The number of hydrogen-bond donors (Lipinski definition) is 0. The molecule has 22 heavy (non-hydrogen) atoms. The molecule has 0 N–H and O–H groups in total. The molecule has 0 radical (unpaired) electrons. The number of allylic oxidation sites excluding steroid dienone is 2. The molecule has 1 rings (SSSR count). The van der Waals surface area contributed by atoms with E-state index in [0.717, 1.165) is 12.8 Å². The zero-order valence-electron chi connectivity index (χ0n) is 15.5. The van der Waals surface area contributed by atoms with Crippen molar-refractivity contribution < 1.29 is 4.79 Å². The van der Waals surface area contributed by atoms with Gasteiger partial charge >= 0.3 is 0 Å². The second-order valence-electron chi connectivity index (χ2n) is 7.05. The van der Waals surface area contributed by atoms with Gasteiger partial charge in [-0.25, -0.2) is 0 Å². The van der Waals surface area contributed by atoms with Crippen molar-refractivity contribution in [2.45, 2.75) is 105 Å². The van der Waals surface area contributed by atoms with Crippen molar-refractivity contribution in [2.75, 3.05) is 0 Å². The molecule has 1 heteroatoms. The van der Waals surface area contributed by atoms with E-state index in [4.69, 9.17) is 0 Å². The average molecular weight is 307 g/mol. The fourth-order valence-corrected chi connectivity index (χ4v) is 3.89. The maximum absolute atomic E-state index is 13.0. The zero-order valence-corrected chi connectivity index (χ0v) is 15.5. The van der Waals surface area contributed by atoms with Gasteiger partial charge in [0.25, 0.3) is 0 Å². The van der Waals surface area contributed by atoms with Gasteiger partial charge in [-0.2, -0.15) is 0 Å². The Labute approximate surface area is 139 Å². The summed E-state index contributed by atoms with van der Waals surface area (Å²) >= 11 is 0. The van der Waals surface area contributed by atoms with Gasteiger partial charge in [0.05, 0.1) is 0 Å². The van der Waals surface area contributed by atoms with E-state index in [1.165, 1.54) is 64.2 Å². The second kappa shape index (κ2) is 11.0. The molecule has 1 aliphatic rings. The minimum Gasteiger partial charge on any atom is -0.298 e. The molecule has 0 heterocycles. The van der Waals surface area contributed by atoms with Gasteiger partial charge in [-0.1, -0.05) is 77.4 Å². The third kappa shape index (κ3) is 5.25. The van der Waals surface area contributed by atoms with Crippen LogP contribution in [0.25, 0.3) is 0 Å². The van der Waals surface area contributed by atoms with Crippen molar-refractivity contribution in [3.05, 3.63) is 11.1 Å². The molecule has 0 spiro atoms. The highest BCUT2D eigenvalue weighted by Gasteiger charge is 2.39. The number of hydrogen-bond acceptors (Lipinski definition) is 1. The Hall–Kier alpha value is -0.590. The highest BCUT2D eigenvalue weighted by molar-refractivity contribution is 5.92. The molecule has 0 amide bonds. The molecule has 2 atom stereocenters. The largest absolute Gasteiger partial charge is 0.298 e. The van der Waals surface area contributed by atoms with Crippen molar-refractivity contribution in [1.82, 2.24) is 0 Å². The zero-order chi connectivity index (χ0) is 16.4. The van der Waals surface area contributed by atoms with Gasteiger partial charge in [0.15, 0.2) is 0 Å². The van der Waals surface area contributed by atoms with Crippen molar-refractivity contribution >= 4 is 5.78 Å². The first-order valence-electron chi connectivity index (χ1n) is 9.96. The van der Waals surface area contributed by atoms with Crippen molar-refractivity contribution in [1.29, 1.82) is 0 Å². The molecule has 0 unspecified atom stereocenters. The molecule has 0 saturated carbocycles. The van der Waals surface area contributed by atoms with E-state index >= 15 is 0 Å². The van der Waals surface area contributed by atoms with Crippen molar-refractivity contribution in [3.8, 4) is 0 Å². The van der Waals surface area contributed by atoms with Gasteiger partial charge in [0.1, 0.15) is 5.78 Å². The number of carbonyl (C=O) groups excluding carboxylic acids is 1. The summed E-state index contributed by atoms with van der Waals surface area (Å²) in [6.07, 6.45) is 14.3. The smallest absolute Gasteiger partial charge is 0.147 e. The minimum absolute atomic E-state index is 0.278. The van der Waals surface area contributed by atoms with Crippen LogP contribution >= 0.6 is 0 Å². The molecule has 128 valence electrons. The Bertz CT molecular complexity index is 321. The first-order valence-corrected chi connectivity index (χ1v) is 9.96. The SMILES string of the molecule is CCCCC1=C(CCCC)[C@@H](CCCC)C(=O)[C@@H]1CCCC. The fraction of sp³-hybridized carbons (Fsp3) is 0.857. The van der Waals surface area contributed by atoms with E-state index in [-0.39, 0.29) is 11.8 Å². The molecule has 1 nitrogen and oxygen atoms in total. The summed E-state index contributed by atoms with van der Waals surface area (Å²) < 4.78 is 0. The standard InChI is InChI=1S/C21H38O/c1-5-9-13-17-18(14-10-6-2)20(16-12-8-4)21(22)19(17)15-11-7-3/h19-20H,5-16H2,1-4H3/t19-,20-/m1/s1. The van der Waals surface area contributed by atoms with Crippen LogP contribution in [-0.2, 0) is 4.79 Å². The monoisotopic (exact) mass is 306 g/mol. The third-order valence-corrected chi connectivity index (χ3v) is 5.23. The van der Waals surface area contributed by atoms with Gasteiger partial charge < -0.3 is 0 Å². The maximum atomic E-state index is 13.0. The molecule has 0 fully saturated rings. The van der Waals surface area contributed by atoms with Gasteiger partial charge in [0, 0.05) is 11.8 Å². The molecule has 0 aromatic rings. The third-order valence-electron chi connectivity index (χ3n) is 5.23. The van der Waals surface area contributed by atoms with Crippen LogP contribution in [0.15, 0.2) is 11.1 Å². The summed E-state index contributed by atoms with van der Waals surface area (Å²) in [5.74, 6) is 1.14. The predicted octanol–water partition coefficient (Wildman–Crippen LogP) is 6.86. The summed E-state index contributed by atoms with van der Waals surface area (Å²) in [6.45, 7) is 9.00. The normalized spacial score (nSPS) is 21.9. The predicted molar refractivity (Wildman–Crippen MR) is 97.1 cm³/mol. The van der Waals surface area contributed by atoms with Crippen LogP contribution in [0.1, 0.15) is 105 Å². The number of rotatable bonds is 12. The second-order valence-corrected chi connectivity index (χ2v) is 7.05. The number of Topliss-reactive ketones (excluding diaryl/α,β-unsaturated/α-hetero) is 1. The molecular weight excluding hydrogens is 268 g/mol. The number of unbranched alkanes of at least 4 members (excludes halogenated alkanes) is 4. The summed E-state index contributed by atoms with van der Waals surface area (Å²) in [7, 11) is 0. The Morgan fingerprint density at radius 1 is 0.636 bits per heavy atom. The average Bonchev–Trinajstić information content (AvgIpc) is 2.77. The van der Waals surface area contributed by atoms with E-state index in [1.54, 1.807) is 11.1 Å². The first-order chi connectivity index (χ1) is 10.7. The van der Waals surface area contributed by atoms with Gasteiger partial charge in [-0.15, -0.1) is 0 Å². The lowest BCUT2D eigenvalue weighted by atomic mass is 9.89. The Morgan fingerprint density at radius 2 is 1.00 bits per heavy atom. The first kappa shape index (κ1) is 19.5. The van der Waals surface area contributed by atoms with Crippen LogP contribution in [-0.4, -0.2) is 5.78 Å². The van der Waals surface area contributed by atoms with Crippen LogP contribution in [0, 0.1) is 11.8 Å². The highest BCUT2D eigenvalue weighted by atomic mass is 16.1. The van der Waals surface area contributed by atoms with Gasteiger partial charge in [-0.3, -0.25) is 4.79 Å². The van der Waals surface area contributed by atoms with Gasteiger partial charge in [-0.05, 0) is 38.5 Å². The van der Waals surface area contributed by atoms with Crippen LogP contribution < -0.4 is 0 Å². The maximum Gasteiger partial charge on any atom is 0.147 e. The lowest BCUT2D eigenvalue weighted by molar-refractivity contribution is -0.123. The van der Waals surface area contributed by atoms with E-state index in [1.807, 2.05) is 0 Å². The van der Waals surface area contributed by atoms with E-state index in [9.17, 15) is 4.79 Å². The molecule has 0 aliphatic heterocycles. The molecular formula is C21H38O. The van der Waals surface area contributed by atoms with Crippen LogP contribution in [0.3, 0.4) is 0 Å². The minimum atomic E-state index is 0.278. The van der Waals surface area contributed by atoms with Crippen LogP contribution in [0.4, 0.5) is 0 Å². The topological polar surface area (TPSA) is 17.1 Å². The summed E-state index contributed by atoms with van der Waals surface area (Å²) in [5.41, 5.74) is 3.16. The number of carbonyl (C=O) groups is 1. The molecule has 0 aromatic heterocycles. The summed E-state index contributed by atoms with van der Waals surface area (Å²) in [5, 5.41) is 0. The lowest BCUT2D eigenvalue weighted by Crippen LogP contribution is -2.18. The summed E-state index contributed by atoms with van der Waals surface area (Å²) in [6, 6.07) is 0. The molecule has 1 aliphatic carbocycles. The van der Waals surface area contributed by atoms with Crippen molar-refractivity contribution in [3.63, 3.8) is 0 Å². The Morgan fingerprint density at radius 3 is 1.32 bits per heavy atom. The Balaban J connectivity index is 2.98. The lowest BCUT2D eigenvalue weighted by Gasteiger charge is -2.14. The van der Waals surface area contributed by atoms with Crippen LogP contribution in [0.5, 0.6) is 0 Å². The quantitative estimate of drug-likeness (QED) is 0.360. The molecule has 0 saturated heterocycles. The fourth-order valence-electron chi connectivity index (χ4n) is 3.89. The van der Waals surface area contributed by atoms with Crippen LogP contribution in [0.2, 0.25) is 0 Å². The number of ketones is 1. The molecule has 0 bridgehead atoms. The summed E-state index contributed by atoms with van der Waals surface area (Å²) in [4.78, 5) is 13.0. The molecule has 0 aromatic carbocycles. The Kier molecular flexibility index (Phi) is 9.75. The highest BCUT2D eigenvalue weighted by Crippen LogP contribution is 2.43. The van der Waals surface area contributed by atoms with E-state index < -0.39 is 0 Å². The van der Waals surface area contributed by atoms with Gasteiger partial charge in [0.2, 0.25) is 0 Å².